The van der Waals surface area contributed by atoms with Gasteiger partial charge in [-0.15, -0.1) is 0 Å². The maximum absolute atomic E-state index is 11.8. The number of hydrogen-bond acceptors (Lipinski definition) is 4. The highest BCUT2D eigenvalue weighted by Crippen LogP contribution is 2.29. The fourth-order valence-electron chi connectivity index (χ4n) is 1.47. The molecule has 0 spiro atoms. The Bertz CT molecular complexity index is 527. The van der Waals surface area contributed by atoms with Crippen molar-refractivity contribution in [3.05, 3.63) is 21.3 Å². The van der Waals surface area contributed by atoms with E-state index in [-0.39, 0.29) is 18.1 Å². The van der Waals surface area contributed by atoms with Gasteiger partial charge in [0.25, 0.3) is 5.91 Å². The number of rotatable bonds is 5. The highest BCUT2D eigenvalue weighted by molar-refractivity contribution is 14.1. The summed E-state index contributed by atoms with van der Waals surface area (Å²) >= 11 is 2.03. The van der Waals surface area contributed by atoms with Gasteiger partial charge < -0.3 is 15.8 Å². The van der Waals surface area contributed by atoms with Crippen molar-refractivity contribution in [3.8, 4) is 11.8 Å². The molecule has 0 bridgehead atoms. The number of benzene rings is 1. The fraction of sp³-hybridized carbons (Fsp3) is 0.429. The predicted octanol–water partition coefficient (Wildman–Crippen LogP) is 2.43. The van der Waals surface area contributed by atoms with Crippen molar-refractivity contribution in [1.29, 1.82) is 5.26 Å². The molecular formula is C14H18IN3O2. The number of hydrogen-bond donors (Lipinski definition) is 2. The second-order valence-corrected chi connectivity index (χ2v) is 6.22. The van der Waals surface area contributed by atoms with Gasteiger partial charge in [0.1, 0.15) is 0 Å². The van der Waals surface area contributed by atoms with Gasteiger partial charge in [-0.05, 0) is 55.0 Å². The largest absolute Gasteiger partial charge is 0.480 e. The highest BCUT2D eigenvalue weighted by Gasteiger charge is 2.18. The first kappa shape index (κ1) is 16.6. The SMILES string of the molecule is CCC(C)(C)NC(=O)COc1c(N)cc(C#N)cc1I. The van der Waals surface area contributed by atoms with Crippen LogP contribution < -0.4 is 15.8 Å². The van der Waals surface area contributed by atoms with Gasteiger partial charge in [0.2, 0.25) is 0 Å². The molecule has 5 nitrogen and oxygen atoms in total. The first-order valence-electron chi connectivity index (χ1n) is 6.22. The average molecular weight is 387 g/mol. The Hall–Kier alpha value is -1.49. The van der Waals surface area contributed by atoms with Crippen LogP contribution in [0.2, 0.25) is 0 Å². The summed E-state index contributed by atoms with van der Waals surface area (Å²) in [6, 6.07) is 5.22. The third-order valence-corrected chi connectivity index (χ3v) is 3.71. The number of carbonyl (C=O) groups excluding carboxylic acids is 1. The van der Waals surface area contributed by atoms with Gasteiger partial charge >= 0.3 is 0 Å². The average Bonchev–Trinajstić information content (AvgIpc) is 2.36. The van der Waals surface area contributed by atoms with Crippen LogP contribution in [-0.4, -0.2) is 18.1 Å². The summed E-state index contributed by atoms with van der Waals surface area (Å²) in [5, 5.41) is 11.7. The van der Waals surface area contributed by atoms with Crippen molar-refractivity contribution in [1.82, 2.24) is 5.32 Å². The van der Waals surface area contributed by atoms with Crippen molar-refractivity contribution in [2.45, 2.75) is 32.7 Å². The van der Waals surface area contributed by atoms with Crippen LogP contribution in [0.15, 0.2) is 12.1 Å². The standard InChI is InChI=1S/C14H18IN3O2/c1-4-14(2,3)18-12(19)8-20-13-10(15)5-9(7-16)6-11(13)17/h5-6H,4,8,17H2,1-3H3,(H,18,19). The van der Waals surface area contributed by atoms with Crippen LogP contribution in [0.4, 0.5) is 5.69 Å². The van der Waals surface area contributed by atoms with Gasteiger partial charge in [-0.3, -0.25) is 4.79 Å². The molecule has 1 aromatic rings. The zero-order valence-corrected chi connectivity index (χ0v) is 13.9. The number of nitrogens with one attached hydrogen (secondary N) is 1. The number of nitrogen functional groups attached to an aromatic ring is 1. The molecular weight excluding hydrogens is 369 g/mol. The van der Waals surface area contributed by atoms with E-state index in [1.54, 1.807) is 6.07 Å². The lowest BCUT2D eigenvalue weighted by atomic mass is 10.0. The van der Waals surface area contributed by atoms with E-state index in [0.29, 0.717) is 20.6 Å². The molecule has 0 unspecified atom stereocenters. The Morgan fingerprint density at radius 2 is 2.20 bits per heavy atom. The van der Waals surface area contributed by atoms with Crippen molar-refractivity contribution >= 4 is 34.2 Å². The number of nitriles is 1. The van der Waals surface area contributed by atoms with E-state index in [0.717, 1.165) is 6.42 Å². The van der Waals surface area contributed by atoms with Gasteiger partial charge in [-0.25, -0.2) is 0 Å². The first-order valence-corrected chi connectivity index (χ1v) is 7.30. The molecule has 0 fully saturated rings. The fourth-order valence-corrected chi connectivity index (χ4v) is 2.27. The summed E-state index contributed by atoms with van der Waals surface area (Å²) < 4.78 is 6.18. The minimum Gasteiger partial charge on any atom is -0.480 e. The number of halogens is 1. The van der Waals surface area contributed by atoms with Gasteiger partial charge in [0.05, 0.1) is 20.9 Å². The third-order valence-electron chi connectivity index (χ3n) is 2.91. The summed E-state index contributed by atoms with van der Waals surface area (Å²) in [5.41, 5.74) is 6.39. The number of amides is 1. The second-order valence-electron chi connectivity index (χ2n) is 5.06. The lowest BCUT2D eigenvalue weighted by molar-refractivity contribution is -0.124. The normalized spacial score (nSPS) is 10.8. The van der Waals surface area contributed by atoms with E-state index >= 15 is 0 Å². The molecule has 108 valence electrons. The molecule has 6 heteroatoms. The van der Waals surface area contributed by atoms with Crippen LogP contribution >= 0.6 is 22.6 Å². The number of nitrogens with zero attached hydrogens (tertiary/aromatic N) is 1. The van der Waals surface area contributed by atoms with Crippen LogP contribution in [0.1, 0.15) is 32.8 Å². The molecule has 0 heterocycles. The maximum atomic E-state index is 11.8. The van der Waals surface area contributed by atoms with Crippen LogP contribution in [-0.2, 0) is 4.79 Å². The van der Waals surface area contributed by atoms with Gasteiger partial charge in [0, 0.05) is 5.54 Å². The number of carbonyl (C=O) groups is 1. The summed E-state index contributed by atoms with van der Waals surface area (Å²) in [6.45, 7) is 5.80. The monoisotopic (exact) mass is 387 g/mol. The van der Waals surface area contributed by atoms with Gasteiger partial charge in [0.15, 0.2) is 12.4 Å². The maximum Gasteiger partial charge on any atom is 0.258 e. The lowest BCUT2D eigenvalue weighted by Crippen LogP contribution is -2.44. The molecule has 0 aliphatic heterocycles. The van der Waals surface area contributed by atoms with Crippen LogP contribution in [0.5, 0.6) is 5.75 Å². The van der Waals surface area contributed by atoms with Gasteiger partial charge in [-0.1, -0.05) is 6.92 Å². The Balaban J connectivity index is 2.72. The highest BCUT2D eigenvalue weighted by atomic mass is 127. The molecule has 0 saturated heterocycles. The minimum atomic E-state index is -0.260. The number of ether oxygens (including phenoxy) is 1. The number of nitrogens with two attached hydrogens (primary N) is 1. The zero-order valence-electron chi connectivity index (χ0n) is 11.8. The van der Waals surface area contributed by atoms with Crippen molar-refractivity contribution in [2.24, 2.45) is 0 Å². The Morgan fingerprint density at radius 1 is 1.55 bits per heavy atom. The van der Waals surface area contributed by atoms with E-state index < -0.39 is 0 Å². The van der Waals surface area contributed by atoms with Gasteiger partial charge in [-0.2, -0.15) is 5.26 Å². The molecule has 0 aliphatic carbocycles. The second kappa shape index (κ2) is 6.79. The van der Waals surface area contributed by atoms with E-state index in [4.69, 9.17) is 15.7 Å². The molecule has 20 heavy (non-hydrogen) atoms. The lowest BCUT2D eigenvalue weighted by Gasteiger charge is -2.24. The topological polar surface area (TPSA) is 88.1 Å². The Kier molecular flexibility index (Phi) is 5.62. The first-order chi connectivity index (χ1) is 9.29. The Labute approximate surface area is 132 Å². The molecule has 1 aromatic carbocycles. The zero-order chi connectivity index (χ0) is 15.3. The smallest absolute Gasteiger partial charge is 0.258 e. The molecule has 1 rings (SSSR count). The molecule has 0 atom stereocenters. The van der Waals surface area contributed by atoms with Crippen LogP contribution in [0.3, 0.4) is 0 Å². The van der Waals surface area contributed by atoms with E-state index in [2.05, 4.69) is 5.32 Å². The third kappa shape index (κ3) is 4.56. The quantitative estimate of drug-likeness (QED) is 0.600. The van der Waals surface area contributed by atoms with Crippen molar-refractivity contribution < 1.29 is 9.53 Å². The molecule has 3 N–H and O–H groups in total. The summed E-state index contributed by atoms with van der Waals surface area (Å²) in [4.78, 5) is 11.8. The minimum absolute atomic E-state index is 0.102. The van der Waals surface area contributed by atoms with Crippen molar-refractivity contribution in [2.75, 3.05) is 12.3 Å². The Morgan fingerprint density at radius 3 is 2.70 bits per heavy atom. The van der Waals surface area contributed by atoms with E-state index in [1.165, 1.54) is 6.07 Å². The van der Waals surface area contributed by atoms with E-state index in [1.807, 2.05) is 49.4 Å². The summed E-state index contributed by atoms with van der Waals surface area (Å²) in [5.74, 6) is 0.241. The molecule has 1 amide bonds. The summed E-state index contributed by atoms with van der Waals surface area (Å²) in [7, 11) is 0. The molecule has 0 radical (unpaired) electrons. The number of anilines is 1. The molecule has 0 aromatic heterocycles. The molecule has 0 saturated carbocycles. The van der Waals surface area contributed by atoms with Crippen molar-refractivity contribution in [3.63, 3.8) is 0 Å². The van der Waals surface area contributed by atoms with E-state index in [9.17, 15) is 4.79 Å². The predicted molar refractivity (Wildman–Crippen MR) is 86.3 cm³/mol. The molecule has 0 aliphatic rings. The van der Waals surface area contributed by atoms with Crippen LogP contribution in [0.25, 0.3) is 0 Å². The summed E-state index contributed by atoms with van der Waals surface area (Å²) in [6.07, 6.45) is 0.829. The van der Waals surface area contributed by atoms with Crippen LogP contribution in [0, 0.1) is 14.9 Å².